The fourth-order valence-electron chi connectivity index (χ4n) is 2.80. The first-order valence-corrected chi connectivity index (χ1v) is 8.22. The summed E-state index contributed by atoms with van der Waals surface area (Å²) in [6.45, 7) is 4.27. The Kier molecular flexibility index (Phi) is 4.84. The van der Waals surface area contributed by atoms with E-state index in [1.807, 2.05) is 91.1 Å². The van der Waals surface area contributed by atoms with E-state index in [-0.39, 0.29) is 12.5 Å². The predicted octanol–water partition coefficient (Wildman–Crippen LogP) is 3.56. The molecule has 2 aromatic carbocycles. The Morgan fingerprint density at radius 3 is 2.52 bits per heavy atom. The number of likely N-dealkylation sites (N-methyl/N-ethyl adjacent to an activating group) is 1. The Balaban J connectivity index is 1.70. The molecule has 3 aromatic rings. The minimum atomic E-state index is -0.0585. The number of rotatable bonds is 5. The van der Waals surface area contributed by atoms with E-state index in [2.05, 4.69) is 10.4 Å². The van der Waals surface area contributed by atoms with Crippen molar-refractivity contribution in [2.45, 2.75) is 13.8 Å². The number of hydrogen-bond acceptors (Lipinski definition) is 3. The fraction of sp³-hybridized carbons (Fsp3) is 0.200. The van der Waals surface area contributed by atoms with Crippen molar-refractivity contribution < 1.29 is 4.79 Å². The van der Waals surface area contributed by atoms with Crippen molar-refractivity contribution in [1.29, 1.82) is 0 Å². The molecule has 0 atom stereocenters. The van der Waals surface area contributed by atoms with Crippen LogP contribution in [-0.4, -0.2) is 29.3 Å². The molecule has 0 spiro atoms. The van der Waals surface area contributed by atoms with E-state index in [0.717, 1.165) is 28.5 Å². The van der Waals surface area contributed by atoms with E-state index >= 15 is 0 Å². The summed E-state index contributed by atoms with van der Waals surface area (Å²) in [5.41, 5.74) is 4.73. The summed E-state index contributed by atoms with van der Waals surface area (Å²) in [6, 6.07) is 19.6. The maximum atomic E-state index is 12.3. The predicted molar refractivity (Wildman–Crippen MR) is 101 cm³/mol. The minimum Gasteiger partial charge on any atom is -0.365 e. The Hall–Kier alpha value is -3.08. The van der Waals surface area contributed by atoms with Crippen LogP contribution >= 0.6 is 0 Å². The largest absolute Gasteiger partial charge is 0.365 e. The highest BCUT2D eigenvalue weighted by Crippen LogP contribution is 2.17. The first-order chi connectivity index (χ1) is 12.0. The second-order valence-electron chi connectivity index (χ2n) is 6.13. The Morgan fingerprint density at radius 1 is 1.08 bits per heavy atom. The zero-order chi connectivity index (χ0) is 17.8. The third-order valence-electron chi connectivity index (χ3n) is 3.96. The minimum absolute atomic E-state index is 0.0585. The molecule has 0 aliphatic carbocycles. The van der Waals surface area contributed by atoms with Gasteiger partial charge in [0.1, 0.15) is 0 Å². The molecule has 5 heteroatoms. The number of amides is 1. The number of nitrogens with zero attached hydrogens (tertiary/aromatic N) is 3. The Bertz CT molecular complexity index is 870. The number of carbonyl (C=O) groups excluding carboxylic acids is 1. The fourth-order valence-corrected chi connectivity index (χ4v) is 2.80. The second-order valence-corrected chi connectivity index (χ2v) is 6.13. The van der Waals surface area contributed by atoms with Crippen molar-refractivity contribution >= 4 is 17.3 Å². The lowest BCUT2D eigenvalue weighted by atomic mass is 10.2. The zero-order valence-electron chi connectivity index (χ0n) is 14.7. The summed E-state index contributed by atoms with van der Waals surface area (Å²) < 4.78 is 1.88. The highest BCUT2D eigenvalue weighted by Gasteiger charge is 2.09. The summed E-state index contributed by atoms with van der Waals surface area (Å²) >= 11 is 0. The van der Waals surface area contributed by atoms with Crippen LogP contribution in [0.4, 0.5) is 11.4 Å². The van der Waals surface area contributed by atoms with Gasteiger partial charge in [-0.05, 0) is 50.2 Å². The average Bonchev–Trinajstić information content (AvgIpc) is 2.94. The van der Waals surface area contributed by atoms with Crippen LogP contribution in [0, 0.1) is 13.8 Å². The van der Waals surface area contributed by atoms with Crippen molar-refractivity contribution in [3.8, 4) is 5.69 Å². The molecule has 0 fully saturated rings. The SMILES string of the molecule is Cc1cc(C)n(-c2cccc(NC(=O)CN(C)c3ccccc3)c2)n1. The summed E-state index contributed by atoms with van der Waals surface area (Å²) in [5, 5.41) is 7.44. The van der Waals surface area contributed by atoms with Gasteiger partial charge in [-0.25, -0.2) is 4.68 Å². The zero-order valence-corrected chi connectivity index (χ0v) is 14.7. The molecule has 0 aliphatic heterocycles. The van der Waals surface area contributed by atoms with E-state index in [0.29, 0.717) is 0 Å². The van der Waals surface area contributed by atoms with Gasteiger partial charge in [0.05, 0.1) is 17.9 Å². The molecule has 0 bridgehead atoms. The summed E-state index contributed by atoms with van der Waals surface area (Å²) in [4.78, 5) is 14.3. The summed E-state index contributed by atoms with van der Waals surface area (Å²) in [5.74, 6) is -0.0585. The second kappa shape index (κ2) is 7.21. The molecule has 0 radical (unpaired) electrons. The monoisotopic (exact) mass is 334 g/mol. The number of para-hydroxylation sites is 1. The molecule has 0 saturated heterocycles. The van der Waals surface area contributed by atoms with Gasteiger partial charge >= 0.3 is 0 Å². The van der Waals surface area contributed by atoms with Crippen molar-refractivity contribution in [1.82, 2.24) is 9.78 Å². The molecular formula is C20H22N4O. The van der Waals surface area contributed by atoms with E-state index in [1.165, 1.54) is 0 Å². The van der Waals surface area contributed by atoms with Gasteiger partial charge in [-0.15, -0.1) is 0 Å². The Morgan fingerprint density at radius 2 is 1.84 bits per heavy atom. The third kappa shape index (κ3) is 4.07. The standard InChI is InChI=1S/C20H22N4O/c1-15-12-16(2)24(22-15)19-11-7-8-17(13-19)21-20(25)14-23(3)18-9-5-4-6-10-18/h4-13H,14H2,1-3H3,(H,21,25). The summed E-state index contributed by atoms with van der Waals surface area (Å²) in [7, 11) is 1.90. The van der Waals surface area contributed by atoms with Crippen LogP contribution < -0.4 is 10.2 Å². The molecule has 1 aromatic heterocycles. The lowest BCUT2D eigenvalue weighted by Gasteiger charge is -2.18. The summed E-state index contributed by atoms with van der Waals surface area (Å²) in [6.07, 6.45) is 0. The van der Waals surface area contributed by atoms with Crippen molar-refractivity contribution in [2.24, 2.45) is 0 Å². The first kappa shape index (κ1) is 16.8. The van der Waals surface area contributed by atoms with Crippen LogP contribution in [0.3, 0.4) is 0 Å². The van der Waals surface area contributed by atoms with E-state index in [4.69, 9.17) is 0 Å². The van der Waals surface area contributed by atoms with Crippen molar-refractivity contribution in [3.05, 3.63) is 72.1 Å². The van der Waals surface area contributed by atoms with E-state index in [9.17, 15) is 4.79 Å². The maximum Gasteiger partial charge on any atom is 0.243 e. The molecule has 3 rings (SSSR count). The lowest BCUT2D eigenvalue weighted by Crippen LogP contribution is -2.30. The third-order valence-corrected chi connectivity index (χ3v) is 3.96. The first-order valence-electron chi connectivity index (χ1n) is 8.22. The number of anilines is 2. The van der Waals surface area contributed by atoms with E-state index < -0.39 is 0 Å². The van der Waals surface area contributed by atoms with Crippen LogP contribution in [0.25, 0.3) is 5.69 Å². The normalized spacial score (nSPS) is 10.5. The average molecular weight is 334 g/mol. The van der Waals surface area contributed by atoms with Crippen LogP contribution in [0.15, 0.2) is 60.7 Å². The smallest absolute Gasteiger partial charge is 0.243 e. The molecule has 5 nitrogen and oxygen atoms in total. The van der Waals surface area contributed by atoms with Crippen molar-refractivity contribution in [3.63, 3.8) is 0 Å². The molecule has 0 aliphatic rings. The van der Waals surface area contributed by atoms with Gasteiger partial charge in [-0.3, -0.25) is 4.79 Å². The van der Waals surface area contributed by atoms with Gasteiger partial charge < -0.3 is 10.2 Å². The van der Waals surface area contributed by atoms with Gasteiger partial charge in [0.15, 0.2) is 0 Å². The molecule has 25 heavy (non-hydrogen) atoms. The van der Waals surface area contributed by atoms with E-state index in [1.54, 1.807) is 0 Å². The molecule has 0 saturated carbocycles. The molecular weight excluding hydrogens is 312 g/mol. The Labute approximate surface area is 147 Å². The molecule has 1 amide bonds. The molecule has 1 heterocycles. The molecule has 0 unspecified atom stereocenters. The number of nitrogens with one attached hydrogen (secondary N) is 1. The van der Waals surface area contributed by atoms with Crippen LogP contribution in [0.5, 0.6) is 0 Å². The highest BCUT2D eigenvalue weighted by atomic mass is 16.2. The van der Waals surface area contributed by atoms with Crippen LogP contribution in [0.1, 0.15) is 11.4 Å². The van der Waals surface area contributed by atoms with Crippen LogP contribution in [0.2, 0.25) is 0 Å². The number of hydrogen-bond donors (Lipinski definition) is 1. The maximum absolute atomic E-state index is 12.3. The number of aryl methyl sites for hydroxylation is 2. The molecule has 1 N–H and O–H groups in total. The number of benzene rings is 2. The van der Waals surface area contributed by atoms with Crippen LogP contribution in [-0.2, 0) is 4.79 Å². The van der Waals surface area contributed by atoms with Gasteiger partial charge in [0, 0.05) is 24.1 Å². The highest BCUT2D eigenvalue weighted by molar-refractivity contribution is 5.94. The van der Waals surface area contributed by atoms with Gasteiger partial charge in [-0.2, -0.15) is 5.10 Å². The number of aromatic nitrogens is 2. The van der Waals surface area contributed by atoms with Gasteiger partial charge in [0.2, 0.25) is 5.91 Å². The topological polar surface area (TPSA) is 50.2 Å². The van der Waals surface area contributed by atoms with Crippen molar-refractivity contribution in [2.75, 3.05) is 23.8 Å². The lowest BCUT2D eigenvalue weighted by molar-refractivity contribution is -0.114. The quantitative estimate of drug-likeness (QED) is 0.776. The number of carbonyl (C=O) groups is 1. The molecule has 128 valence electrons. The van der Waals surface area contributed by atoms with Gasteiger partial charge in [-0.1, -0.05) is 24.3 Å². The van der Waals surface area contributed by atoms with Gasteiger partial charge in [0.25, 0.3) is 0 Å².